The molecule has 0 radical (unpaired) electrons. The molecule has 4 nitrogen and oxygen atoms in total. The van der Waals surface area contributed by atoms with Gasteiger partial charge in [-0.3, -0.25) is 0 Å². The molecule has 1 N–H and O–H groups in total. The second-order valence-electron chi connectivity index (χ2n) is 6.52. The molecular weight excluding hydrogens is 332 g/mol. The van der Waals surface area contributed by atoms with Gasteiger partial charge in [-0.2, -0.15) is 9.61 Å². The number of benzene rings is 2. The van der Waals surface area contributed by atoms with Crippen molar-refractivity contribution in [1.29, 1.82) is 0 Å². The third-order valence-corrected chi connectivity index (χ3v) is 4.69. The smallest absolute Gasteiger partial charge is 0.165 e. The fourth-order valence-corrected chi connectivity index (χ4v) is 3.31. The summed E-state index contributed by atoms with van der Waals surface area (Å²) in [6.07, 6.45) is 4.54. The van der Waals surface area contributed by atoms with E-state index in [1.54, 1.807) is 0 Å². The molecule has 0 aliphatic heterocycles. The summed E-state index contributed by atoms with van der Waals surface area (Å²) >= 11 is 0. The van der Waals surface area contributed by atoms with E-state index in [2.05, 4.69) is 53.4 Å². The number of aromatic nitrogens is 3. The summed E-state index contributed by atoms with van der Waals surface area (Å²) in [5.41, 5.74) is 6.35. The van der Waals surface area contributed by atoms with E-state index in [4.69, 9.17) is 4.98 Å². The maximum Gasteiger partial charge on any atom is 0.165 e. The number of nitrogens with one attached hydrogen (secondary N) is 1. The van der Waals surface area contributed by atoms with E-state index in [0.29, 0.717) is 0 Å². The SMILES string of the molecule is C=CCc1c(C)nc2c(-c3ccccc3)cnn2c1NCc1ccccc1. The summed E-state index contributed by atoms with van der Waals surface area (Å²) in [7, 11) is 0. The number of fused-ring (bicyclic) bond motifs is 1. The largest absolute Gasteiger partial charge is 0.366 e. The molecule has 0 unspecified atom stereocenters. The van der Waals surface area contributed by atoms with Gasteiger partial charge in [0.1, 0.15) is 5.82 Å². The third kappa shape index (κ3) is 3.34. The van der Waals surface area contributed by atoms with Gasteiger partial charge in [0, 0.05) is 23.4 Å². The van der Waals surface area contributed by atoms with Crippen molar-refractivity contribution >= 4 is 11.5 Å². The van der Waals surface area contributed by atoms with Crippen LogP contribution in [-0.2, 0) is 13.0 Å². The molecular formula is C23H22N4. The van der Waals surface area contributed by atoms with Crippen LogP contribution in [0.3, 0.4) is 0 Å². The Hall–Kier alpha value is -3.40. The van der Waals surface area contributed by atoms with Crippen LogP contribution >= 0.6 is 0 Å². The standard InChI is InChI=1S/C23H22N4/c1-3-10-20-17(2)26-23-21(19-13-8-5-9-14-19)16-25-27(23)22(20)24-15-18-11-6-4-7-12-18/h3-9,11-14,16,24H,1,10,15H2,2H3. The van der Waals surface area contributed by atoms with E-state index in [1.165, 1.54) is 5.56 Å². The number of aryl methyl sites for hydroxylation is 1. The maximum absolute atomic E-state index is 4.86. The van der Waals surface area contributed by atoms with Crippen LogP contribution in [0.5, 0.6) is 0 Å². The minimum absolute atomic E-state index is 0.726. The van der Waals surface area contributed by atoms with Crippen molar-refractivity contribution in [3.8, 4) is 11.1 Å². The van der Waals surface area contributed by atoms with Crippen molar-refractivity contribution in [1.82, 2.24) is 14.6 Å². The fourth-order valence-electron chi connectivity index (χ4n) is 3.31. The molecule has 0 saturated carbocycles. The third-order valence-electron chi connectivity index (χ3n) is 4.69. The van der Waals surface area contributed by atoms with E-state index in [0.717, 1.165) is 46.8 Å². The Labute approximate surface area is 159 Å². The van der Waals surface area contributed by atoms with Gasteiger partial charge in [-0.25, -0.2) is 4.98 Å². The fraction of sp³-hybridized carbons (Fsp3) is 0.130. The topological polar surface area (TPSA) is 42.2 Å². The molecule has 4 aromatic rings. The van der Waals surface area contributed by atoms with Crippen LogP contribution in [0.4, 0.5) is 5.82 Å². The molecule has 0 amide bonds. The Bertz CT molecular complexity index is 1070. The lowest BCUT2D eigenvalue weighted by Crippen LogP contribution is -2.11. The molecule has 2 aromatic heterocycles. The molecule has 0 fully saturated rings. The first-order chi connectivity index (χ1) is 13.3. The zero-order valence-corrected chi connectivity index (χ0v) is 15.4. The Morgan fingerprint density at radius 1 is 1.04 bits per heavy atom. The summed E-state index contributed by atoms with van der Waals surface area (Å²) in [6.45, 7) is 6.68. The average molecular weight is 354 g/mol. The van der Waals surface area contributed by atoms with Gasteiger partial charge in [0.25, 0.3) is 0 Å². The summed E-state index contributed by atoms with van der Waals surface area (Å²) in [4.78, 5) is 4.86. The lowest BCUT2D eigenvalue weighted by molar-refractivity contribution is 0.895. The highest BCUT2D eigenvalue weighted by atomic mass is 15.3. The molecule has 4 heteroatoms. The highest BCUT2D eigenvalue weighted by Crippen LogP contribution is 2.28. The minimum Gasteiger partial charge on any atom is -0.366 e. The number of nitrogens with zero attached hydrogens (tertiary/aromatic N) is 3. The molecule has 0 saturated heterocycles. The quantitative estimate of drug-likeness (QED) is 0.493. The van der Waals surface area contributed by atoms with Crippen molar-refractivity contribution in [3.63, 3.8) is 0 Å². The Morgan fingerprint density at radius 2 is 1.74 bits per heavy atom. The first-order valence-corrected chi connectivity index (χ1v) is 9.09. The van der Waals surface area contributed by atoms with E-state index >= 15 is 0 Å². The highest BCUT2D eigenvalue weighted by Gasteiger charge is 2.16. The zero-order chi connectivity index (χ0) is 18.6. The van der Waals surface area contributed by atoms with Crippen LogP contribution in [0.15, 0.2) is 79.5 Å². The van der Waals surface area contributed by atoms with Gasteiger partial charge in [0.15, 0.2) is 5.65 Å². The zero-order valence-electron chi connectivity index (χ0n) is 15.4. The second kappa shape index (κ2) is 7.46. The Morgan fingerprint density at radius 3 is 2.44 bits per heavy atom. The molecule has 4 rings (SSSR count). The average Bonchev–Trinajstić information content (AvgIpc) is 3.13. The molecule has 0 atom stereocenters. The molecule has 0 bridgehead atoms. The van der Waals surface area contributed by atoms with Gasteiger partial charge in [0.2, 0.25) is 0 Å². The summed E-state index contributed by atoms with van der Waals surface area (Å²) in [5, 5.41) is 8.22. The van der Waals surface area contributed by atoms with Crippen molar-refractivity contribution in [2.75, 3.05) is 5.32 Å². The van der Waals surface area contributed by atoms with Crippen molar-refractivity contribution in [2.45, 2.75) is 19.9 Å². The predicted molar refractivity (Wildman–Crippen MR) is 111 cm³/mol. The van der Waals surface area contributed by atoms with E-state index in [-0.39, 0.29) is 0 Å². The van der Waals surface area contributed by atoms with E-state index < -0.39 is 0 Å². The molecule has 2 aromatic carbocycles. The minimum atomic E-state index is 0.726. The van der Waals surface area contributed by atoms with Gasteiger partial charge in [-0.15, -0.1) is 6.58 Å². The first kappa shape index (κ1) is 17.0. The summed E-state index contributed by atoms with van der Waals surface area (Å²) < 4.78 is 1.91. The Balaban J connectivity index is 1.82. The van der Waals surface area contributed by atoms with Crippen molar-refractivity contribution in [3.05, 3.63) is 96.3 Å². The lowest BCUT2D eigenvalue weighted by atomic mass is 10.1. The normalized spacial score (nSPS) is 10.9. The maximum atomic E-state index is 4.86. The molecule has 27 heavy (non-hydrogen) atoms. The number of hydrogen-bond acceptors (Lipinski definition) is 3. The van der Waals surface area contributed by atoms with Crippen LogP contribution in [0.2, 0.25) is 0 Å². The number of rotatable bonds is 6. The van der Waals surface area contributed by atoms with Gasteiger partial charge in [-0.05, 0) is 24.5 Å². The highest BCUT2D eigenvalue weighted by molar-refractivity contribution is 5.78. The van der Waals surface area contributed by atoms with Gasteiger partial charge < -0.3 is 5.32 Å². The molecule has 2 heterocycles. The van der Waals surface area contributed by atoms with Crippen molar-refractivity contribution in [2.24, 2.45) is 0 Å². The predicted octanol–water partition coefficient (Wildman–Crippen LogP) is 5.05. The van der Waals surface area contributed by atoms with E-state index in [1.807, 2.05) is 48.0 Å². The van der Waals surface area contributed by atoms with Gasteiger partial charge >= 0.3 is 0 Å². The number of allylic oxidation sites excluding steroid dienone is 1. The van der Waals surface area contributed by atoms with Crippen LogP contribution in [0, 0.1) is 6.92 Å². The van der Waals surface area contributed by atoms with Gasteiger partial charge in [0.05, 0.1) is 6.20 Å². The van der Waals surface area contributed by atoms with Crippen LogP contribution in [-0.4, -0.2) is 14.6 Å². The number of anilines is 1. The lowest BCUT2D eigenvalue weighted by Gasteiger charge is -2.15. The molecule has 0 spiro atoms. The van der Waals surface area contributed by atoms with Crippen LogP contribution in [0.1, 0.15) is 16.8 Å². The van der Waals surface area contributed by atoms with Crippen LogP contribution in [0.25, 0.3) is 16.8 Å². The molecule has 0 aliphatic rings. The Kier molecular flexibility index (Phi) is 4.71. The second-order valence-corrected chi connectivity index (χ2v) is 6.52. The van der Waals surface area contributed by atoms with Crippen molar-refractivity contribution < 1.29 is 0 Å². The van der Waals surface area contributed by atoms with E-state index in [9.17, 15) is 0 Å². The summed E-state index contributed by atoms with van der Waals surface area (Å²) in [5.74, 6) is 0.975. The van der Waals surface area contributed by atoms with Gasteiger partial charge in [-0.1, -0.05) is 66.7 Å². The van der Waals surface area contributed by atoms with Crippen LogP contribution < -0.4 is 5.32 Å². The monoisotopic (exact) mass is 354 g/mol. The first-order valence-electron chi connectivity index (χ1n) is 9.09. The molecule has 0 aliphatic carbocycles. The molecule has 134 valence electrons. The number of hydrogen-bond donors (Lipinski definition) is 1. The summed E-state index contributed by atoms with van der Waals surface area (Å²) in [6, 6.07) is 20.6.